The molecule has 6 aromatic carbocycles. The van der Waals surface area contributed by atoms with Crippen molar-refractivity contribution >= 4 is 93.5 Å². The first-order valence-corrected chi connectivity index (χ1v) is 29.7. The van der Waals surface area contributed by atoms with Crippen molar-refractivity contribution in [2.75, 3.05) is 13.2 Å². The van der Waals surface area contributed by atoms with Crippen LogP contribution in [0.2, 0.25) is 0 Å². The molecule has 0 heterocycles. The van der Waals surface area contributed by atoms with Gasteiger partial charge in [-0.15, -0.1) is 0 Å². The molecule has 0 fully saturated rings. The Bertz CT molecular complexity index is 2370. The molecule has 0 atom stereocenters. The van der Waals surface area contributed by atoms with Gasteiger partial charge in [0, 0.05) is 25.7 Å². The number of halogens is 6. The third kappa shape index (κ3) is 57.0. The molecule has 0 saturated carbocycles. The molecule has 0 aromatic heterocycles. The summed E-state index contributed by atoms with van der Waals surface area (Å²) in [7, 11) is 0. The van der Waals surface area contributed by atoms with E-state index in [0.29, 0.717) is 25.7 Å². The smallest absolute Gasteiger partial charge is 0.306 e. The van der Waals surface area contributed by atoms with Gasteiger partial charge in [-0.2, -0.15) is 0 Å². The van der Waals surface area contributed by atoms with Crippen molar-refractivity contribution in [3.8, 4) is 5.75 Å². The Hall–Kier alpha value is -5.26. The first-order valence-electron chi connectivity index (χ1n) is 27.5. The molecular formula is C68H96Cl6O9. The molecule has 6 aromatic rings. The Morgan fingerprint density at radius 2 is 0.651 bits per heavy atom. The highest BCUT2D eigenvalue weighted by Gasteiger charge is 2.23. The largest absolute Gasteiger partial charge is 0.508 e. The molecule has 0 amide bonds. The van der Waals surface area contributed by atoms with Gasteiger partial charge in [-0.3, -0.25) is 19.2 Å². The van der Waals surface area contributed by atoms with E-state index in [4.69, 9.17) is 89.3 Å². The minimum Gasteiger partial charge on any atom is -0.508 e. The number of ether oxygens (including phenoxy) is 2. The highest BCUT2D eigenvalue weighted by atomic mass is 35.6. The molecule has 0 aliphatic carbocycles. The number of aryl methyl sites for hydroxylation is 8. The first kappa shape index (κ1) is 86.5. The summed E-state index contributed by atoms with van der Waals surface area (Å²) in [5, 5.41) is 26.0. The zero-order valence-corrected chi connectivity index (χ0v) is 53.6. The number of phenolic OH excluding ortho intramolecular Hbond substituents is 1. The highest BCUT2D eigenvalue weighted by molar-refractivity contribution is 6.68. The van der Waals surface area contributed by atoms with Crippen LogP contribution in [-0.2, 0) is 67.2 Å². The van der Waals surface area contributed by atoms with E-state index < -0.39 is 25.5 Å². The maximum absolute atomic E-state index is 11.3. The van der Waals surface area contributed by atoms with Crippen molar-refractivity contribution in [3.63, 3.8) is 0 Å². The number of hydrogen-bond donors (Lipinski definition) is 3. The van der Waals surface area contributed by atoms with E-state index >= 15 is 0 Å². The van der Waals surface area contributed by atoms with E-state index in [1.165, 1.54) is 42.4 Å². The molecule has 464 valence electrons. The van der Waals surface area contributed by atoms with Crippen LogP contribution in [0.3, 0.4) is 0 Å². The van der Waals surface area contributed by atoms with E-state index in [-0.39, 0.29) is 65.5 Å². The van der Waals surface area contributed by atoms with Gasteiger partial charge in [-0.1, -0.05) is 315 Å². The van der Waals surface area contributed by atoms with Crippen molar-refractivity contribution in [3.05, 3.63) is 208 Å². The second kappa shape index (κ2) is 55.9. The summed E-state index contributed by atoms with van der Waals surface area (Å²) in [4.78, 5) is 43.1. The van der Waals surface area contributed by atoms with Crippen LogP contribution in [0.5, 0.6) is 5.75 Å². The number of carboxylic acid groups (broad SMARTS) is 2. The van der Waals surface area contributed by atoms with E-state index in [0.717, 1.165) is 27.8 Å². The number of rotatable bonds is 18. The summed E-state index contributed by atoms with van der Waals surface area (Å²) in [6.45, 7) is 19.9. The van der Waals surface area contributed by atoms with Gasteiger partial charge in [0.1, 0.15) is 19.0 Å². The van der Waals surface area contributed by atoms with Crippen LogP contribution in [0, 0.1) is 13.8 Å². The normalized spacial score (nSPS) is 9.54. The summed E-state index contributed by atoms with van der Waals surface area (Å²) >= 11 is 32.7. The average Bonchev–Trinajstić information content (AvgIpc) is 3.45. The number of phenols is 1. The number of carbonyl (C=O) groups is 4. The van der Waals surface area contributed by atoms with Crippen LogP contribution in [0.1, 0.15) is 153 Å². The summed E-state index contributed by atoms with van der Waals surface area (Å²) in [5.41, 5.74) is 9.34. The average molecular weight is 1270 g/mol. The third-order valence-corrected chi connectivity index (χ3v) is 10.6. The Kier molecular flexibility index (Phi) is 58.3. The lowest BCUT2D eigenvalue weighted by molar-refractivity contribution is -0.144. The Morgan fingerprint density at radius 3 is 0.928 bits per heavy atom. The molecule has 0 aliphatic heterocycles. The van der Waals surface area contributed by atoms with Gasteiger partial charge in [0.2, 0.25) is 7.59 Å². The lowest BCUT2D eigenvalue weighted by atomic mass is 10.1. The van der Waals surface area contributed by atoms with Crippen molar-refractivity contribution in [1.29, 1.82) is 0 Å². The summed E-state index contributed by atoms with van der Waals surface area (Å²) < 4.78 is 6.46. The van der Waals surface area contributed by atoms with Gasteiger partial charge in [0.05, 0.1) is 0 Å². The Morgan fingerprint density at radius 1 is 0.386 bits per heavy atom. The lowest BCUT2D eigenvalue weighted by Crippen LogP contribution is -2.17. The van der Waals surface area contributed by atoms with Gasteiger partial charge in [0.25, 0.3) is 0 Å². The quantitative estimate of drug-likeness (QED) is 0.0565. The summed E-state index contributed by atoms with van der Waals surface area (Å²) in [6.07, 6.45) is 8.11. The van der Waals surface area contributed by atoms with E-state index in [2.05, 4.69) is 74.5 Å². The van der Waals surface area contributed by atoms with Crippen molar-refractivity contribution in [2.45, 2.75) is 169 Å². The summed E-state index contributed by atoms with van der Waals surface area (Å²) in [5.74, 6) is -2.12. The standard InChI is InChI=1S/C12H13Cl3O2.C11H11Cl3O3.C10H12O2.C9H10O2.2C9H12.3C2H6.2CH4/c1-9-3-2-4-10(7-9)5-6-11(16)17-8-12(13,14)15;12-11(13,14)7-17-10(16)5-4-8-2-1-3-9(15)6-8;1-8-3-2-4-9(7-8)5-6-10(11)12;10-9(11)7-6-8-4-2-1-3-5-8;2*1-2-6-9-7-4-3-5-8-9;3*1-2;;/h2-4,7H,5-6,8H2,1H3;1-3,6,15H,4-5,7H2;2-4,7H,5-6H2,1H3,(H,11,12);1-5H,6-7H2,(H,10,11);2*3-5,7-8H,2,6H2,1H3;3*1-2H3;2*1H4. The van der Waals surface area contributed by atoms with Gasteiger partial charge < -0.3 is 24.8 Å². The Labute approximate surface area is 530 Å². The fourth-order valence-corrected chi connectivity index (χ4v) is 6.75. The number of esters is 2. The van der Waals surface area contributed by atoms with Gasteiger partial charge in [-0.05, 0) is 97.9 Å². The Balaban J connectivity index is -0.000000290. The van der Waals surface area contributed by atoms with Crippen LogP contribution in [0.25, 0.3) is 0 Å². The third-order valence-electron chi connectivity index (χ3n) is 9.97. The van der Waals surface area contributed by atoms with Crippen molar-refractivity contribution in [2.24, 2.45) is 0 Å². The second-order valence-corrected chi connectivity index (χ2v) is 22.0. The molecule has 0 saturated heterocycles. The predicted octanol–water partition coefficient (Wildman–Crippen LogP) is 20.4. The fraction of sp³-hybridized carbons (Fsp3) is 0.412. The SMILES string of the molecule is C.C.CC.CC.CC.CCCc1ccccc1.CCCc1ccccc1.Cc1cccc(CCC(=O)O)c1.Cc1cccc(CCC(=O)OCC(Cl)(Cl)Cl)c1.O=C(CCc1cccc(O)c1)OCC(Cl)(Cl)Cl.O=C(O)CCc1ccccc1. The molecule has 6 rings (SSSR count). The van der Waals surface area contributed by atoms with Crippen molar-refractivity contribution < 1.29 is 44.0 Å². The van der Waals surface area contributed by atoms with Gasteiger partial charge in [0.15, 0.2) is 0 Å². The minimum absolute atomic E-state index is 0. The molecule has 0 radical (unpaired) electrons. The van der Waals surface area contributed by atoms with E-state index in [1.54, 1.807) is 18.2 Å². The monoisotopic (exact) mass is 1270 g/mol. The molecule has 0 spiro atoms. The molecule has 15 heteroatoms. The molecule has 83 heavy (non-hydrogen) atoms. The molecule has 3 N–H and O–H groups in total. The molecule has 0 aliphatic rings. The second-order valence-electron chi connectivity index (χ2n) is 16.9. The number of alkyl halides is 6. The van der Waals surface area contributed by atoms with Crippen molar-refractivity contribution in [1.82, 2.24) is 0 Å². The fourth-order valence-electron chi connectivity index (χ4n) is 6.42. The van der Waals surface area contributed by atoms with Crippen LogP contribution in [0.15, 0.2) is 164 Å². The predicted molar refractivity (Wildman–Crippen MR) is 356 cm³/mol. The maximum atomic E-state index is 11.3. The maximum Gasteiger partial charge on any atom is 0.306 e. The highest BCUT2D eigenvalue weighted by Crippen LogP contribution is 2.27. The van der Waals surface area contributed by atoms with E-state index in [9.17, 15) is 24.3 Å². The zero-order valence-electron chi connectivity index (χ0n) is 49.0. The molecule has 9 nitrogen and oxygen atoms in total. The van der Waals surface area contributed by atoms with Crippen LogP contribution < -0.4 is 0 Å². The number of hydrogen-bond acceptors (Lipinski definition) is 7. The van der Waals surface area contributed by atoms with Gasteiger partial charge in [-0.25, -0.2) is 0 Å². The van der Waals surface area contributed by atoms with Crippen LogP contribution in [-0.4, -0.2) is 60.0 Å². The number of aliphatic carboxylic acids is 2. The van der Waals surface area contributed by atoms with Crippen LogP contribution >= 0.6 is 69.6 Å². The first-order chi connectivity index (χ1) is 38.6. The number of aromatic hydroxyl groups is 1. The summed E-state index contributed by atoms with van der Waals surface area (Å²) in [6, 6.07) is 53.3. The molecule has 0 bridgehead atoms. The van der Waals surface area contributed by atoms with Gasteiger partial charge >= 0.3 is 23.9 Å². The zero-order chi connectivity index (χ0) is 61.9. The number of carbonyl (C=O) groups excluding carboxylic acids is 2. The minimum atomic E-state index is -1.58. The topological polar surface area (TPSA) is 147 Å². The number of benzene rings is 6. The lowest BCUT2D eigenvalue weighted by Gasteiger charge is -2.11. The van der Waals surface area contributed by atoms with Crippen LogP contribution in [0.4, 0.5) is 0 Å². The number of carboxylic acids is 2. The van der Waals surface area contributed by atoms with E-state index in [1.807, 2.05) is 140 Å². The molecule has 0 unspecified atom stereocenters. The molecular weight excluding hydrogens is 1170 g/mol.